The number of rotatable bonds is 5. The minimum atomic E-state index is -0.297. The first-order valence-corrected chi connectivity index (χ1v) is 10.6. The fourth-order valence-electron chi connectivity index (χ4n) is 3.44. The number of unbranched alkanes of at least 4 members (excludes halogenated alkanes) is 1. The third-order valence-electron chi connectivity index (χ3n) is 5.05. The first-order chi connectivity index (χ1) is 13.0. The van der Waals surface area contributed by atoms with Gasteiger partial charge in [0.05, 0.1) is 5.69 Å². The molecule has 6 heteroatoms. The number of aryl methyl sites for hydroxylation is 2. The highest BCUT2D eigenvalue weighted by molar-refractivity contribution is 7.17. The molecule has 1 saturated heterocycles. The first-order valence-electron chi connectivity index (χ1n) is 9.75. The van der Waals surface area contributed by atoms with Gasteiger partial charge in [0.2, 0.25) is 0 Å². The van der Waals surface area contributed by atoms with E-state index in [0.29, 0.717) is 21.1 Å². The molecule has 0 saturated carbocycles. The molecule has 0 radical (unpaired) electrons. The van der Waals surface area contributed by atoms with Crippen LogP contribution in [-0.2, 0) is 0 Å². The molecule has 146 valence electrons. The molecule has 1 aromatic carbocycles. The average molecular weight is 390 g/mol. The number of hydrogen-bond donors (Lipinski definition) is 0. The molecule has 0 N–H and O–H groups in total. The molecule has 0 unspecified atom stereocenters. The predicted molar refractivity (Wildman–Crippen MR) is 109 cm³/mol. The van der Waals surface area contributed by atoms with Crippen LogP contribution in [0.3, 0.4) is 0 Å². The maximum Gasteiger partial charge on any atom is 0.265 e. The van der Waals surface area contributed by atoms with Gasteiger partial charge in [0.25, 0.3) is 5.91 Å². The maximum atomic E-state index is 14.2. The van der Waals surface area contributed by atoms with Crippen LogP contribution in [0.15, 0.2) is 18.2 Å². The minimum Gasteiger partial charge on any atom is -0.337 e. The van der Waals surface area contributed by atoms with Crippen LogP contribution in [0.25, 0.3) is 10.6 Å². The number of hydrogen-bond acceptors (Lipinski definition) is 4. The van der Waals surface area contributed by atoms with Crippen LogP contribution in [0.2, 0.25) is 0 Å². The lowest BCUT2D eigenvalue weighted by Gasteiger charge is -2.21. The number of amides is 1. The summed E-state index contributed by atoms with van der Waals surface area (Å²) in [6.07, 6.45) is 3.39. The van der Waals surface area contributed by atoms with E-state index >= 15 is 0 Å². The molecule has 2 heterocycles. The summed E-state index contributed by atoms with van der Waals surface area (Å²) in [6, 6.07) is 4.99. The van der Waals surface area contributed by atoms with Crippen molar-refractivity contribution in [2.45, 2.75) is 40.0 Å². The summed E-state index contributed by atoms with van der Waals surface area (Å²) in [7, 11) is 0. The van der Waals surface area contributed by atoms with Gasteiger partial charge in [-0.2, -0.15) is 0 Å². The minimum absolute atomic E-state index is 0.0293. The predicted octanol–water partition coefficient (Wildman–Crippen LogP) is 4.51. The van der Waals surface area contributed by atoms with Crippen LogP contribution < -0.4 is 0 Å². The number of carbonyl (C=O) groups excluding carboxylic acids is 1. The Kier molecular flexibility index (Phi) is 6.60. The second kappa shape index (κ2) is 8.93. The molecule has 1 aliphatic rings. The van der Waals surface area contributed by atoms with Gasteiger partial charge >= 0.3 is 0 Å². The summed E-state index contributed by atoms with van der Waals surface area (Å²) in [5, 5.41) is 0.580. The summed E-state index contributed by atoms with van der Waals surface area (Å²) in [5.41, 5.74) is 2.14. The zero-order chi connectivity index (χ0) is 19.4. The zero-order valence-corrected chi connectivity index (χ0v) is 17.2. The Balaban J connectivity index is 1.76. The monoisotopic (exact) mass is 389 g/mol. The summed E-state index contributed by atoms with van der Waals surface area (Å²) in [4.78, 5) is 22.6. The second-order valence-corrected chi connectivity index (χ2v) is 8.26. The van der Waals surface area contributed by atoms with Crippen LogP contribution in [0, 0.1) is 19.7 Å². The van der Waals surface area contributed by atoms with E-state index in [1.165, 1.54) is 30.2 Å². The highest BCUT2D eigenvalue weighted by Crippen LogP contribution is 2.31. The zero-order valence-electron chi connectivity index (χ0n) is 16.4. The van der Waals surface area contributed by atoms with Crippen molar-refractivity contribution in [2.24, 2.45) is 0 Å². The second-order valence-electron chi connectivity index (χ2n) is 7.26. The van der Waals surface area contributed by atoms with Gasteiger partial charge in [-0.05, 0) is 51.9 Å². The van der Waals surface area contributed by atoms with Gasteiger partial charge in [-0.15, -0.1) is 11.3 Å². The van der Waals surface area contributed by atoms with E-state index in [2.05, 4.69) is 16.8 Å². The molecule has 1 amide bonds. The number of aromatic nitrogens is 1. The Bertz CT molecular complexity index is 805. The third-order valence-corrected chi connectivity index (χ3v) is 6.23. The molecule has 0 aliphatic carbocycles. The average Bonchev–Trinajstić information content (AvgIpc) is 2.88. The molecule has 0 atom stereocenters. The SMILES string of the molecule is CCCCN1CCCN(C(=O)c2sc(-c3cc(C)ccc3F)nc2C)CC1. The molecular formula is C21H28FN3OS. The summed E-state index contributed by atoms with van der Waals surface area (Å²) in [6.45, 7) is 10.6. The van der Waals surface area contributed by atoms with Crippen molar-refractivity contribution in [3.63, 3.8) is 0 Å². The fraction of sp³-hybridized carbons (Fsp3) is 0.524. The molecule has 0 bridgehead atoms. The molecule has 3 rings (SSSR count). The van der Waals surface area contributed by atoms with Crippen LogP contribution >= 0.6 is 11.3 Å². The lowest BCUT2D eigenvalue weighted by atomic mass is 10.1. The van der Waals surface area contributed by atoms with Crippen molar-refractivity contribution in [3.8, 4) is 10.6 Å². The van der Waals surface area contributed by atoms with Gasteiger partial charge < -0.3 is 9.80 Å². The van der Waals surface area contributed by atoms with Gasteiger partial charge in [0.1, 0.15) is 15.7 Å². The first kappa shape index (κ1) is 20.0. The Morgan fingerprint density at radius 2 is 2.04 bits per heavy atom. The van der Waals surface area contributed by atoms with Crippen molar-refractivity contribution >= 4 is 17.2 Å². The molecule has 0 spiro atoms. The molecular weight excluding hydrogens is 361 g/mol. The normalized spacial score (nSPS) is 15.8. The van der Waals surface area contributed by atoms with Crippen molar-refractivity contribution in [3.05, 3.63) is 40.2 Å². The van der Waals surface area contributed by atoms with Gasteiger partial charge in [-0.1, -0.05) is 25.0 Å². The molecule has 27 heavy (non-hydrogen) atoms. The third kappa shape index (κ3) is 4.74. The number of halogens is 1. The number of carbonyl (C=O) groups is 1. The maximum absolute atomic E-state index is 14.2. The highest BCUT2D eigenvalue weighted by Gasteiger charge is 2.24. The van der Waals surface area contributed by atoms with Gasteiger partial charge in [0.15, 0.2) is 0 Å². The van der Waals surface area contributed by atoms with Crippen LogP contribution in [0.1, 0.15) is 47.1 Å². The summed E-state index contributed by atoms with van der Waals surface area (Å²) >= 11 is 1.30. The van der Waals surface area contributed by atoms with Gasteiger partial charge in [0, 0.05) is 25.2 Å². The van der Waals surface area contributed by atoms with E-state index in [4.69, 9.17) is 0 Å². The molecule has 1 fully saturated rings. The number of thiazole rings is 1. The van der Waals surface area contributed by atoms with Gasteiger partial charge in [-0.25, -0.2) is 9.37 Å². The number of benzene rings is 1. The molecule has 4 nitrogen and oxygen atoms in total. The Hall–Kier alpha value is -1.79. The molecule has 1 aliphatic heterocycles. The fourth-order valence-corrected chi connectivity index (χ4v) is 4.49. The van der Waals surface area contributed by atoms with E-state index in [0.717, 1.165) is 44.7 Å². The van der Waals surface area contributed by atoms with Crippen LogP contribution in [-0.4, -0.2) is 53.4 Å². The van der Waals surface area contributed by atoms with Gasteiger partial charge in [-0.3, -0.25) is 4.79 Å². The Morgan fingerprint density at radius 3 is 2.81 bits per heavy atom. The van der Waals surface area contributed by atoms with E-state index in [-0.39, 0.29) is 11.7 Å². The van der Waals surface area contributed by atoms with E-state index in [9.17, 15) is 9.18 Å². The van der Waals surface area contributed by atoms with E-state index in [1.807, 2.05) is 18.7 Å². The van der Waals surface area contributed by atoms with E-state index < -0.39 is 0 Å². The number of nitrogens with zero attached hydrogens (tertiary/aromatic N) is 3. The van der Waals surface area contributed by atoms with E-state index in [1.54, 1.807) is 12.1 Å². The Labute approximate surface area is 165 Å². The van der Waals surface area contributed by atoms with Crippen molar-refractivity contribution in [1.82, 2.24) is 14.8 Å². The summed E-state index contributed by atoms with van der Waals surface area (Å²) < 4.78 is 14.2. The topological polar surface area (TPSA) is 36.4 Å². The molecule has 2 aromatic rings. The quantitative estimate of drug-likeness (QED) is 0.755. The van der Waals surface area contributed by atoms with Crippen molar-refractivity contribution in [1.29, 1.82) is 0 Å². The lowest BCUT2D eigenvalue weighted by Crippen LogP contribution is -2.35. The smallest absolute Gasteiger partial charge is 0.265 e. The molecule has 1 aromatic heterocycles. The standard InChI is InChI=1S/C21H28FN3OS/c1-4-5-9-24-10-6-11-25(13-12-24)21(26)19-16(3)23-20(27-19)17-14-15(2)7-8-18(17)22/h7-8,14H,4-6,9-13H2,1-3H3. The lowest BCUT2D eigenvalue weighted by molar-refractivity contribution is 0.0765. The van der Waals surface area contributed by atoms with Crippen molar-refractivity contribution < 1.29 is 9.18 Å². The van der Waals surface area contributed by atoms with Crippen LogP contribution in [0.4, 0.5) is 4.39 Å². The summed E-state index contributed by atoms with van der Waals surface area (Å²) in [5.74, 6) is -0.267. The Morgan fingerprint density at radius 1 is 1.22 bits per heavy atom. The highest BCUT2D eigenvalue weighted by atomic mass is 32.1. The van der Waals surface area contributed by atoms with Crippen LogP contribution in [0.5, 0.6) is 0 Å². The van der Waals surface area contributed by atoms with Crippen molar-refractivity contribution in [2.75, 3.05) is 32.7 Å². The largest absolute Gasteiger partial charge is 0.337 e.